The summed E-state index contributed by atoms with van der Waals surface area (Å²) in [5, 5.41) is 19.8. The molecular weight excluding hydrogens is 904 g/mol. The van der Waals surface area contributed by atoms with Crippen molar-refractivity contribution >= 4 is 92.6 Å². The third-order valence-corrected chi connectivity index (χ3v) is 10.3. The number of halogens is 3. The Balaban J connectivity index is 0.000000317. The van der Waals surface area contributed by atoms with Crippen LogP contribution >= 0.6 is 72.9 Å². The SMILES string of the molecule is C[C@@H]1CC[C@H](S(=O)(=O)c2ccccc2)C[C@H]1O.C[C@@H]1CC[C@H](Sc2ccccc2)C[C@H]1O.[I][V][I].[S-]I. The minimum Gasteiger partial charge on any atom is -0.713 e. The fourth-order valence-corrected chi connectivity index (χ4v) is 7.47. The molecule has 2 aromatic rings. The van der Waals surface area contributed by atoms with Crippen LogP contribution < -0.4 is 0 Å². The van der Waals surface area contributed by atoms with Crippen molar-refractivity contribution in [3.05, 3.63) is 60.7 Å². The normalized spacial score (nSPS) is 27.1. The van der Waals surface area contributed by atoms with Gasteiger partial charge in [0.15, 0.2) is 9.84 Å². The smallest absolute Gasteiger partial charge is 0.287 e. The number of hydrogen-bond acceptors (Lipinski definition) is 6. The molecule has 0 aromatic heterocycles. The summed E-state index contributed by atoms with van der Waals surface area (Å²) in [4.78, 5) is 1.69. The Labute approximate surface area is 274 Å². The summed E-state index contributed by atoms with van der Waals surface area (Å²) in [5.41, 5.74) is 0. The van der Waals surface area contributed by atoms with Crippen molar-refractivity contribution in [2.75, 3.05) is 0 Å². The maximum Gasteiger partial charge on any atom is -0.287 e. The van der Waals surface area contributed by atoms with Gasteiger partial charge in [0.2, 0.25) is 0 Å². The molecule has 2 fully saturated rings. The van der Waals surface area contributed by atoms with Crippen LogP contribution in [0.3, 0.4) is 0 Å². The first-order valence-corrected chi connectivity index (χ1v) is 26.5. The van der Waals surface area contributed by atoms with E-state index in [0.717, 1.165) is 19.3 Å². The van der Waals surface area contributed by atoms with Gasteiger partial charge in [-0.1, -0.05) is 50.2 Å². The van der Waals surface area contributed by atoms with Gasteiger partial charge in [-0.25, -0.2) is 8.42 Å². The molecule has 37 heavy (non-hydrogen) atoms. The van der Waals surface area contributed by atoms with Gasteiger partial charge in [-0.2, -0.15) is 0 Å². The standard InChI is InChI=1S/C13H18O3S.C13H18OS.IS.2HI.V/c1-10-7-8-12(9-13(10)14)17(15,16)11-5-3-2-4-6-11;1-10-7-8-12(9-13(10)14)15-11-5-3-2-4-6-11;1-2;;;/h2-6,10,12-14H,7-9H2,1H3;2-6,10,12-14H,7-9H2,1H3;;2*1H;/q;;-1;;;+2/p-2/t2*10-,12+,13-;;;;/m11..../s1. The Morgan fingerprint density at radius 3 is 1.76 bits per heavy atom. The molecule has 0 radical (unpaired) electrons. The molecule has 0 aliphatic heterocycles. The predicted molar refractivity (Wildman–Crippen MR) is 181 cm³/mol. The number of benzene rings is 2. The summed E-state index contributed by atoms with van der Waals surface area (Å²) in [6.07, 6.45) is 4.53. The Morgan fingerprint density at radius 1 is 0.811 bits per heavy atom. The Hall–Kier alpha value is 1.78. The van der Waals surface area contributed by atoms with Gasteiger partial charge >= 0.3 is 49.4 Å². The number of aliphatic hydroxyl groups is 2. The predicted octanol–water partition coefficient (Wildman–Crippen LogP) is 7.99. The van der Waals surface area contributed by atoms with Gasteiger partial charge in [0.05, 0.1) is 22.4 Å². The second-order valence-electron chi connectivity index (χ2n) is 9.31. The van der Waals surface area contributed by atoms with Gasteiger partial charge in [-0.15, -0.1) is 11.8 Å². The molecule has 2 saturated carbocycles. The van der Waals surface area contributed by atoms with E-state index in [-0.39, 0.29) is 12.0 Å². The number of aliphatic hydroxyl groups excluding tert-OH is 2. The third kappa shape index (κ3) is 13.5. The third-order valence-electron chi connectivity index (χ3n) is 6.77. The summed E-state index contributed by atoms with van der Waals surface area (Å²) in [6, 6.07) is 19.0. The minimum atomic E-state index is -3.28. The van der Waals surface area contributed by atoms with Crippen molar-refractivity contribution in [1.29, 1.82) is 0 Å². The first-order chi connectivity index (χ1) is 17.7. The van der Waals surface area contributed by atoms with Crippen LogP contribution in [0.15, 0.2) is 70.5 Å². The van der Waals surface area contributed by atoms with Gasteiger partial charge < -0.3 is 20.0 Å². The molecule has 0 saturated heterocycles. The molecule has 2 N–H and O–H groups in total. The molecule has 0 heterocycles. The minimum absolute atomic E-state index is 0.0973. The number of hydrogen-bond donors (Lipinski definition) is 2. The van der Waals surface area contributed by atoms with Crippen LogP contribution in [-0.4, -0.2) is 41.3 Å². The fourth-order valence-electron chi connectivity index (χ4n) is 4.40. The monoisotopic (exact) mass is 940 g/mol. The molecule has 2 aliphatic rings. The maximum absolute atomic E-state index is 12.3. The quantitative estimate of drug-likeness (QED) is 0.240. The van der Waals surface area contributed by atoms with Gasteiger partial charge in [-0.05, 0) is 74.6 Å². The van der Waals surface area contributed by atoms with Crippen molar-refractivity contribution in [3.8, 4) is 0 Å². The van der Waals surface area contributed by atoms with E-state index in [0.29, 0.717) is 38.4 Å². The Bertz CT molecular complexity index is 958. The molecule has 2 aromatic carbocycles. The van der Waals surface area contributed by atoms with Crippen LogP contribution in [0.2, 0.25) is 0 Å². The van der Waals surface area contributed by atoms with Crippen molar-refractivity contribution in [2.45, 2.75) is 84.9 Å². The van der Waals surface area contributed by atoms with Gasteiger partial charge in [0.25, 0.3) is 0 Å². The molecule has 6 atom stereocenters. The van der Waals surface area contributed by atoms with E-state index >= 15 is 0 Å². The van der Waals surface area contributed by atoms with E-state index in [1.807, 2.05) is 24.8 Å². The van der Waals surface area contributed by atoms with E-state index in [1.165, 1.54) is 11.3 Å². The maximum atomic E-state index is 12.3. The van der Waals surface area contributed by atoms with E-state index < -0.39 is 21.2 Å². The van der Waals surface area contributed by atoms with Crippen LogP contribution in [0.4, 0.5) is 0 Å². The van der Waals surface area contributed by atoms with Crippen LogP contribution in [0.1, 0.15) is 52.4 Å². The second kappa shape index (κ2) is 20.6. The molecule has 0 spiro atoms. The van der Waals surface area contributed by atoms with Gasteiger partial charge in [0, 0.05) is 10.1 Å². The number of sulfone groups is 1. The summed E-state index contributed by atoms with van der Waals surface area (Å²) < 4.78 is 24.7. The molecule has 2 aliphatic carbocycles. The fraction of sp³-hybridized carbons (Fsp3) is 0.538. The van der Waals surface area contributed by atoms with Crippen LogP contribution in [0.25, 0.3) is 0 Å². The van der Waals surface area contributed by atoms with Gasteiger partial charge in [-0.3, -0.25) is 21.2 Å². The van der Waals surface area contributed by atoms with E-state index in [4.69, 9.17) is 0 Å². The van der Waals surface area contributed by atoms with Crippen LogP contribution in [-0.2, 0) is 29.1 Å². The molecule has 0 unspecified atom stereocenters. The Morgan fingerprint density at radius 2 is 1.27 bits per heavy atom. The zero-order chi connectivity index (χ0) is 27.8. The summed E-state index contributed by atoms with van der Waals surface area (Å²) in [6.45, 7) is 4.12. The summed E-state index contributed by atoms with van der Waals surface area (Å²) in [7, 11) is 1.40. The summed E-state index contributed by atoms with van der Waals surface area (Å²) in [5.74, 6) is 0.690. The molecular formula is C26H36I3O4S3V-. The van der Waals surface area contributed by atoms with Crippen molar-refractivity contribution in [2.24, 2.45) is 11.8 Å². The van der Waals surface area contributed by atoms with Crippen molar-refractivity contribution < 1.29 is 28.1 Å². The van der Waals surface area contributed by atoms with Crippen molar-refractivity contribution in [3.63, 3.8) is 0 Å². The largest absolute Gasteiger partial charge is 0.713 e. The van der Waals surface area contributed by atoms with Gasteiger partial charge in [0.1, 0.15) is 0 Å². The average Bonchev–Trinajstić information content (AvgIpc) is 2.91. The van der Waals surface area contributed by atoms with Crippen LogP contribution in [0.5, 0.6) is 0 Å². The topological polar surface area (TPSA) is 74.6 Å². The molecule has 209 valence electrons. The number of rotatable bonds is 4. The Kier molecular flexibility index (Phi) is 20.5. The van der Waals surface area contributed by atoms with E-state index in [9.17, 15) is 18.6 Å². The van der Waals surface area contributed by atoms with Crippen LogP contribution in [0, 0.1) is 11.8 Å². The van der Waals surface area contributed by atoms with E-state index in [1.54, 1.807) is 51.5 Å². The zero-order valence-electron chi connectivity index (χ0n) is 21.0. The average molecular weight is 940 g/mol. The first kappa shape index (κ1) is 36.8. The molecule has 0 bridgehead atoms. The van der Waals surface area contributed by atoms with Crippen molar-refractivity contribution in [1.82, 2.24) is 0 Å². The molecule has 4 rings (SSSR count). The van der Waals surface area contributed by atoms with E-state index in [2.05, 4.69) is 80.9 Å². The first-order valence-electron chi connectivity index (χ1n) is 12.1. The second-order valence-corrected chi connectivity index (χ2v) is 24.7. The molecule has 0 amide bonds. The summed E-state index contributed by atoms with van der Waals surface area (Å²) >= 11 is 8.38. The zero-order valence-corrected chi connectivity index (χ0v) is 31.3. The number of thioether (sulfide) groups is 1. The molecule has 11 heteroatoms. The molecule has 4 nitrogen and oxygen atoms in total.